The summed E-state index contributed by atoms with van der Waals surface area (Å²) in [7, 11) is 0. The van der Waals surface area contributed by atoms with Crippen LogP contribution in [0.3, 0.4) is 0 Å². The van der Waals surface area contributed by atoms with E-state index in [0.29, 0.717) is 17.6 Å². The van der Waals surface area contributed by atoms with Gasteiger partial charge in [0.2, 0.25) is 0 Å². The van der Waals surface area contributed by atoms with Crippen molar-refractivity contribution in [1.82, 2.24) is 4.98 Å². The lowest BCUT2D eigenvalue weighted by Gasteiger charge is -2.05. The Balaban J connectivity index is 2.19. The number of aromatic nitrogens is 1. The van der Waals surface area contributed by atoms with Gasteiger partial charge in [0.1, 0.15) is 17.5 Å². The van der Waals surface area contributed by atoms with Gasteiger partial charge in [-0.3, -0.25) is 4.79 Å². The number of nitrogens with one attached hydrogen (secondary N) is 1. The second-order valence-electron chi connectivity index (χ2n) is 3.58. The molecule has 1 aromatic carbocycles. The molecule has 0 saturated carbocycles. The summed E-state index contributed by atoms with van der Waals surface area (Å²) < 4.78 is 25.9. The van der Waals surface area contributed by atoms with Crippen LogP contribution >= 0.6 is 0 Å². The van der Waals surface area contributed by atoms with Crippen molar-refractivity contribution in [2.75, 3.05) is 11.1 Å². The minimum Gasteiger partial charge on any atom is -0.384 e. The first-order chi connectivity index (χ1) is 8.54. The topological polar surface area (TPSA) is 68.0 Å². The van der Waals surface area contributed by atoms with Crippen molar-refractivity contribution < 1.29 is 13.6 Å². The number of nitrogens with two attached hydrogens (primary N) is 1. The standard InChI is InChI=1S/C12H9F2N3O/c13-8-3-7(4-9(14)5-8)12(18)17-10-1-2-11(15)16-6-10/h1-6H,(H2,15,16)(H,17,18). The Morgan fingerprint density at radius 3 is 2.39 bits per heavy atom. The molecular weight excluding hydrogens is 240 g/mol. The Kier molecular flexibility index (Phi) is 3.18. The predicted octanol–water partition coefficient (Wildman–Crippen LogP) is 2.19. The molecule has 0 atom stereocenters. The quantitative estimate of drug-likeness (QED) is 0.857. The molecule has 0 fully saturated rings. The summed E-state index contributed by atoms with van der Waals surface area (Å²) in [5, 5.41) is 2.45. The molecule has 0 spiro atoms. The van der Waals surface area contributed by atoms with E-state index in [1.54, 1.807) is 0 Å². The van der Waals surface area contributed by atoms with Crippen LogP contribution in [0.1, 0.15) is 10.4 Å². The molecule has 0 radical (unpaired) electrons. The van der Waals surface area contributed by atoms with Crippen molar-refractivity contribution in [3.05, 3.63) is 53.7 Å². The summed E-state index contributed by atoms with van der Waals surface area (Å²) >= 11 is 0. The fourth-order valence-electron chi connectivity index (χ4n) is 1.37. The molecule has 6 heteroatoms. The van der Waals surface area contributed by atoms with Crippen LogP contribution in [0.25, 0.3) is 0 Å². The first kappa shape index (κ1) is 12.0. The fraction of sp³-hybridized carbons (Fsp3) is 0. The van der Waals surface area contributed by atoms with Crippen molar-refractivity contribution in [3.63, 3.8) is 0 Å². The highest BCUT2D eigenvalue weighted by molar-refractivity contribution is 6.04. The summed E-state index contributed by atoms with van der Waals surface area (Å²) in [6.45, 7) is 0. The molecule has 0 unspecified atom stereocenters. The lowest BCUT2D eigenvalue weighted by atomic mass is 10.2. The third-order valence-electron chi connectivity index (χ3n) is 2.17. The van der Waals surface area contributed by atoms with Gasteiger partial charge in [-0.2, -0.15) is 0 Å². The summed E-state index contributed by atoms with van der Waals surface area (Å²) in [6.07, 6.45) is 1.35. The normalized spacial score (nSPS) is 10.1. The zero-order valence-electron chi connectivity index (χ0n) is 9.15. The molecule has 0 aliphatic rings. The van der Waals surface area contributed by atoms with Crippen LogP contribution in [0.2, 0.25) is 0 Å². The highest BCUT2D eigenvalue weighted by atomic mass is 19.1. The van der Waals surface area contributed by atoms with Gasteiger partial charge in [-0.05, 0) is 24.3 Å². The van der Waals surface area contributed by atoms with E-state index >= 15 is 0 Å². The van der Waals surface area contributed by atoms with Crippen LogP contribution in [0.15, 0.2) is 36.5 Å². The Hall–Kier alpha value is -2.50. The molecule has 1 aromatic heterocycles. The van der Waals surface area contributed by atoms with Crippen LogP contribution in [0.5, 0.6) is 0 Å². The average Bonchev–Trinajstić information content (AvgIpc) is 2.31. The zero-order chi connectivity index (χ0) is 13.1. The number of hydrogen-bond acceptors (Lipinski definition) is 3. The van der Waals surface area contributed by atoms with Gasteiger partial charge in [0.25, 0.3) is 5.91 Å². The minimum absolute atomic E-state index is 0.107. The van der Waals surface area contributed by atoms with Gasteiger partial charge >= 0.3 is 0 Å². The number of hydrogen-bond donors (Lipinski definition) is 2. The van der Waals surface area contributed by atoms with Gasteiger partial charge in [-0.15, -0.1) is 0 Å². The number of nitrogen functional groups attached to an aromatic ring is 1. The maximum Gasteiger partial charge on any atom is 0.255 e. The number of carbonyl (C=O) groups is 1. The van der Waals surface area contributed by atoms with E-state index in [4.69, 9.17) is 5.73 Å². The average molecular weight is 249 g/mol. The number of rotatable bonds is 2. The molecule has 18 heavy (non-hydrogen) atoms. The fourth-order valence-corrected chi connectivity index (χ4v) is 1.37. The Morgan fingerprint density at radius 2 is 1.83 bits per heavy atom. The largest absolute Gasteiger partial charge is 0.384 e. The molecular formula is C12H9F2N3O. The van der Waals surface area contributed by atoms with E-state index in [-0.39, 0.29) is 5.56 Å². The van der Waals surface area contributed by atoms with Gasteiger partial charge in [-0.25, -0.2) is 13.8 Å². The highest BCUT2D eigenvalue weighted by Gasteiger charge is 2.09. The van der Waals surface area contributed by atoms with Crippen molar-refractivity contribution in [2.45, 2.75) is 0 Å². The van der Waals surface area contributed by atoms with E-state index in [9.17, 15) is 13.6 Å². The lowest BCUT2D eigenvalue weighted by Crippen LogP contribution is -2.12. The number of nitrogens with zero attached hydrogens (tertiary/aromatic N) is 1. The number of amides is 1. The van der Waals surface area contributed by atoms with Gasteiger partial charge in [0.05, 0.1) is 11.9 Å². The third-order valence-corrected chi connectivity index (χ3v) is 2.17. The Labute approximate surface area is 101 Å². The van der Waals surface area contributed by atoms with E-state index in [1.165, 1.54) is 18.3 Å². The number of benzene rings is 1. The van der Waals surface area contributed by atoms with Gasteiger partial charge < -0.3 is 11.1 Å². The van der Waals surface area contributed by atoms with E-state index < -0.39 is 17.5 Å². The summed E-state index contributed by atoms with van der Waals surface area (Å²) in [5.41, 5.74) is 5.67. The van der Waals surface area contributed by atoms with Gasteiger partial charge in [-0.1, -0.05) is 0 Å². The summed E-state index contributed by atoms with van der Waals surface area (Å²) in [4.78, 5) is 15.5. The van der Waals surface area contributed by atoms with Crippen LogP contribution in [-0.4, -0.2) is 10.9 Å². The first-order valence-corrected chi connectivity index (χ1v) is 5.03. The molecule has 1 heterocycles. The van der Waals surface area contributed by atoms with Gasteiger partial charge in [0, 0.05) is 11.6 Å². The minimum atomic E-state index is -0.810. The van der Waals surface area contributed by atoms with Gasteiger partial charge in [0.15, 0.2) is 0 Å². The smallest absolute Gasteiger partial charge is 0.255 e. The molecule has 3 N–H and O–H groups in total. The van der Waals surface area contributed by atoms with Crippen LogP contribution < -0.4 is 11.1 Å². The van der Waals surface area contributed by atoms with E-state index in [0.717, 1.165) is 12.1 Å². The molecule has 2 aromatic rings. The van der Waals surface area contributed by atoms with Crippen molar-refractivity contribution in [3.8, 4) is 0 Å². The Bertz CT molecular complexity index is 564. The molecule has 0 bridgehead atoms. The summed E-state index contributed by atoms with van der Waals surface area (Å²) in [6, 6.07) is 5.63. The first-order valence-electron chi connectivity index (χ1n) is 5.03. The SMILES string of the molecule is Nc1ccc(NC(=O)c2cc(F)cc(F)c2)cn1. The number of carbonyl (C=O) groups excluding carboxylic acids is 1. The second kappa shape index (κ2) is 4.79. The predicted molar refractivity (Wildman–Crippen MR) is 63.0 cm³/mol. The van der Waals surface area contributed by atoms with E-state index in [2.05, 4.69) is 10.3 Å². The second-order valence-corrected chi connectivity index (χ2v) is 3.58. The number of pyridine rings is 1. The van der Waals surface area contributed by atoms with Crippen molar-refractivity contribution in [2.24, 2.45) is 0 Å². The molecule has 4 nitrogen and oxygen atoms in total. The maximum absolute atomic E-state index is 12.9. The molecule has 0 saturated heterocycles. The molecule has 1 amide bonds. The lowest BCUT2D eigenvalue weighted by molar-refractivity contribution is 0.102. The zero-order valence-corrected chi connectivity index (χ0v) is 9.15. The molecule has 0 aliphatic heterocycles. The molecule has 2 rings (SSSR count). The molecule has 0 aliphatic carbocycles. The number of anilines is 2. The summed E-state index contributed by atoms with van der Waals surface area (Å²) in [5.74, 6) is -1.93. The monoisotopic (exact) mass is 249 g/mol. The van der Waals surface area contributed by atoms with Crippen molar-refractivity contribution >= 4 is 17.4 Å². The van der Waals surface area contributed by atoms with E-state index in [1.807, 2.05) is 0 Å². The maximum atomic E-state index is 12.9. The van der Waals surface area contributed by atoms with Crippen LogP contribution in [0.4, 0.5) is 20.3 Å². The third kappa shape index (κ3) is 2.79. The molecule has 92 valence electrons. The van der Waals surface area contributed by atoms with Crippen molar-refractivity contribution in [1.29, 1.82) is 0 Å². The number of halogens is 2. The van der Waals surface area contributed by atoms with Crippen LogP contribution in [0, 0.1) is 11.6 Å². The highest BCUT2D eigenvalue weighted by Crippen LogP contribution is 2.12. The van der Waals surface area contributed by atoms with Crippen LogP contribution in [-0.2, 0) is 0 Å². The Morgan fingerprint density at radius 1 is 1.17 bits per heavy atom.